The first-order valence-electron chi connectivity index (χ1n) is 6.98. The highest BCUT2D eigenvalue weighted by atomic mass is 16.5. The lowest BCUT2D eigenvalue weighted by Gasteiger charge is -2.32. The van der Waals surface area contributed by atoms with Crippen LogP contribution in [0.5, 0.6) is 5.75 Å². The van der Waals surface area contributed by atoms with Gasteiger partial charge in [0.15, 0.2) is 0 Å². The molecule has 0 bridgehead atoms. The molecule has 1 aliphatic heterocycles. The van der Waals surface area contributed by atoms with Crippen molar-refractivity contribution in [3.05, 3.63) is 29.8 Å². The molecule has 110 valence electrons. The topological polar surface area (TPSA) is 53.0 Å². The van der Waals surface area contributed by atoms with Gasteiger partial charge in [0.05, 0.1) is 6.42 Å². The number of rotatable bonds is 6. The maximum absolute atomic E-state index is 10.7. The molecule has 5 nitrogen and oxygen atoms in total. The van der Waals surface area contributed by atoms with Crippen molar-refractivity contribution in [2.75, 3.05) is 46.4 Å². The molecule has 0 atom stereocenters. The van der Waals surface area contributed by atoms with Crippen molar-refractivity contribution in [1.29, 1.82) is 0 Å². The van der Waals surface area contributed by atoms with Crippen molar-refractivity contribution in [3.8, 4) is 5.75 Å². The Morgan fingerprint density at radius 2 is 2.05 bits per heavy atom. The number of likely N-dealkylation sites (N-methyl/N-ethyl adjacent to an activating group) is 1. The third-order valence-corrected chi connectivity index (χ3v) is 3.53. The van der Waals surface area contributed by atoms with Crippen LogP contribution < -0.4 is 4.74 Å². The minimum absolute atomic E-state index is 0.0374. The Hall–Kier alpha value is -1.59. The highest BCUT2D eigenvalue weighted by molar-refractivity contribution is 5.70. The van der Waals surface area contributed by atoms with E-state index in [1.165, 1.54) is 0 Å². The first-order chi connectivity index (χ1) is 9.63. The van der Waals surface area contributed by atoms with Gasteiger partial charge in [-0.1, -0.05) is 12.1 Å². The van der Waals surface area contributed by atoms with Gasteiger partial charge in [-0.25, -0.2) is 0 Å². The Labute approximate surface area is 119 Å². The van der Waals surface area contributed by atoms with Gasteiger partial charge in [-0.3, -0.25) is 9.69 Å². The van der Waals surface area contributed by atoms with Gasteiger partial charge in [-0.15, -0.1) is 0 Å². The summed E-state index contributed by atoms with van der Waals surface area (Å²) >= 11 is 0. The van der Waals surface area contributed by atoms with E-state index in [1.54, 1.807) is 12.1 Å². The molecule has 2 rings (SSSR count). The number of ether oxygens (including phenoxy) is 1. The average molecular weight is 278 g/mol. The van der Waals surface area contributed by atoms with Crippen molar-refractivity contribution < 1.29 is 14.6 Å². The van der Waals surface area contributed by atoms with Crippen LogP contribution in [0.3, 0.4) is 0 Å². The summed E-state index contributed by atoms with van der Waals surface area (Å²) in [4.78, 5) is 15.4. The van der Waals surface area contributed by atoms with E-state index in [0.717, 1.165) is 44.0 Å². The quantitative estimate of drug-likeness (QED) is 0.839. The zero-order chi connectivity index (χ0) is 14.4. The van der Waals surface area contributed by atoms with Crippen LogP contribution in [0, 0.1) is 0 Å². The molecule has 0 radical (unpaired) electrons. The average Bonchev–Trinajstić information content (AvgIpc) is 2.41. The summed E-state index contributed by atoms with van der Waals surface area (Å²) < 4.78 is 5.71. The van der Waals surface area contributed by atoms with Crippen LogP contribution in [-0.2, 0) is 11.2 Å². The van der Waals surface area contributed by atoms with E-state index in [-0.39, 0.29) is 6.42 Å². The van der Waals surface area contributed by atoms with Crippen molar-refractivity contribution in [2.45, 2.75) is 6.42 Å². The van der Waals surface area contributed by atoms with Gasteiger partial charge < -0.3 is 14.7 Å². The second-order valence-corrected chi connectivity index (χ2v) is 5.21. The molecule has 0 unspecified atom stereocenters. The van der Waals surface area contributed by atoms with Crippen molar-refractivity contribution in [1.82, 2.24) is 9.80 Å². The Kier molecular flexibility index (Phi) is 5.38. The number of hydrogen-bond donors (Lipinski definition) is 1. The summed E-state index contributed by atoms with van der Waals surface area (Å²) in [7, 11) is 2.14. The molecule has 0 amide bonds. The van der Waals surface area contributed by atoms with Crippen LogP contribution in [-0.4, -0.2) is 67.3 Å². The lowest BCUT2D eigenvalue weighted by molar-refractivity contribution is -0.136. The second-order valence-electron chi connectivity index (χ2n) is 5.21. The van der Waals surface area contributed by atoms with Crippen LogP contribution in [0.25, 0.3) is 0 Å². The smallest absolute Gasteiger partial charge is 0.307 e. The van der Waals surface area contributed by atoms with E-state index in [0.29, 0.717) is 6.61 Å². The summed E-state index contributed by atoms with van der Waals surface area (Å²) in [5.41, 5.74) is 0.773. The number of piperazine rings is 1. The summed E-state index contributed by atoms with van der Waals surface area (Å²) in [5.74, 6) is -0.0718. The van der Waals surface area contributed by atoms with Gasteiger partial charge in [0.1, 0.15) is 12.4 Å². The van der Waals surface area contributed by atoms with Crippen LogP contribution in [0.2, 0.25) is 0 Å². The van der Waals surface area contributed by atoms with E-state index in [9.17, 15) is 4.79 Å². The third-order valence-electron chi connectivity index (χ3n) is 3.53. The lowest BCUT2D eigenvalue weighted by atomic mass is 10.1. The van der Waals surface area contributed by atoms with Crippen LogP contribution in [0.15, 0.2) is 24.3 Å². The SMILES string of the molecule is CN1CCN(CCOc2cccc(CC(=O)O)c2)CC1. The minimum atomic E-state index is -0.820. The minimum Gasteiger partial charge on any atom is -0.492 e. The maximum Gasteiger partial charge on any atom is 0.307 e. The Morgan fingerprint density at radius 1 is 1.30 bits per heavy atom. The number of carboxylic acid groups (broad SMARTS) is 1. The molecular weight excluding hydrogens is 256 g/mol. The molecular formula is C15H22N2O3. The fourth-order valence-electron chi connectivity index (χ4n) is 2.28. The number of hydrogen-bond acceptors (Lipinski definition) is 4. The summed E-state index contributed by atoms with van der Waals surface area (Å²) in [6, 6.07) is 7.32. The number of aliphatic carboxylic acids is 1. The van der Waals surface area contributed by atoms with Gasteiger partial charge in [-0.05, 0) is 24.7 Å². The molecule has 1 saturated heterocycles. The summed E-state index contributed by atoms with van der Waals surface area (Å²) in [5, 5.41) is 8.77. The molecule has 20 heavy (non-hydrogen) atoms. The van der Waals surface area contributed by atoms with E-state index < -0.39 is 5.97 Å². The van der Waals surface area contributed by atoms with Crippen LogP contribution in [0.1, 0.15) is 5.56 Å². The van der Waals surface area contributed by atoms with Gasteiger partial charge >= 0.3 is 5.97 Å². The molecule has 1 aliphatic rings. The number of carbonyl (C=O) groups is 1. The molecule has 0 saturated carbocycles. The van der Waals surface area contributed by atoms with Gasteiger partial charge in [0.25, 0.3) is 0 Å². The highest BCUT2D eigenvalue weighted by Crippen LogP contribution is 2.14. The van der Waals surface area contributed by atoms with Gasteiger partial charge in [0.2, 0.25) is 0 Å². The summed E-state index contributed by atoms with van der Waals surface area (Å²) in [6.07, 6.45) is 0.0374. The largest absolute Gasteiger partial charge is 0.492 e. The highest BCUT2D eigenvalue weighted by Gasteiger charge is 2.13. The number of benzene rings is 1. The first-order valence-corrected chi connectivity index (χ1v) is 6.98. The monoisotopic (exact) mass is 278 g/mol. The van der Waals surface area contributed by atoms with E-state index in [2.05, 4.69) is 16.8 Å². The molecule has 0 spiro atoms. The Balaban J connectivity index is 1.75. The van der Waals surface area contributed by atoms with Crippen molar-refractivity contribution in [3.63, 3.8) is 0 Å². The van der Waals surface area contributed by atoms with Gasteiger partial charge in [0, 0.05) is 32.7 Å². The molecule has 5 heteroatoms. The third kappa shape index (κ3) is 4.83. The Bertz CT molecular complexity index is 442. The van der Waals surface area contributed by atoms with E-state index in [1.807, 2.05) is 12.1 Å². The van der Waals surface area contributed by atoms with Crippen molar-refractivity contribution >= 4 is 5.97 Å². The Morgan fingerprint density at radius 3 is 2.75 bits per heavy atom. The van der Waals surface area contributed by atoms with Gasteiger partial charge in [-0.2, -0.15) is 0 Å². The molecule has 0 aliphatic carbocycles. The molecule has 1 aromatic carbocycles. The molecule has 1 fully saturated rings. The van der Waals surface area contributed by atoms with Crippen molar-refractivity contribution in [2.24, 2.45) is 0 Å². The standard InChI is InChI=1S/C15H22N2O3/c1-16-5-7-17(8-6-16)9-10-20-14-4-2-3-13(11-14)12-15(18)19/h2-4,11H,5-10,12H2,1H3,(H,18,19). The first kappa shape index (κ1) is 14.8. The fraction of sp³-hybridized carbons (Fsp3) is 0.533. The zero-order valence-electron chi connectivity index (χ0n) is 11.9. The van der Waals surface area contributed by atoms with E-state index >= 15 is 0 Å². The fourth-order valence-corrected chi connectivity index (χ4v) is 2.28. The summed E-state index contributed by atoms with van der Waals surface area (Å²) in [6.45, 7) is 5.93. The predicted molar refractivity (Wildman–Crippen MR) is 77.2 cm³/mol. The predicted octanol–water partition coefficient (Wildman–Crippen LogP) is 0.940. The van der Waals surface area contributed by atoms with Crippen LogP contribution >= 0.6 is 0 Å². The molecule has 1 heterocycles. The number of carboxylic acids is 1. The lowest BCUT2D eigenvalue weighted by Crippen LogP contribution is -2.45. The molecule has 1 aromatic rings. The maximum atomic E-state index is 10.7. The molecule has 1 N–H and O–H groups in total. The van der Waals surface area contributed by atoms with E-state index in [4.69, 9.17) is 9.84 Å². The normalized spacial score (nSPS) is 17.1. The van der Waals surface area contributed by atoms with Crippen LogP contribution in [0.4, 0.5) is 0 Å². The second kappa shape index (κ2) is 7.26. The molecule has 0 aromatic heterocycles. The number of nitrogens with zero attached hydrogens (tertiary/aromatic N) is 2. The zero-order valence-corrected chi connectivity index (χ0v) is 11.9.